The average Bonchev–Trinajstić information content (AvgIpc) is 2.47. The minimum atomic E-state index is -3.44. The Morgan fingerprint density at radius 2 is 2.00 bits per heavy atom. The SMILES string of the molecule is CCS(=O)(=O)c1ccc(N2CCNCC2)c([N+](=O)[O-])c1. The Morgan fingerprint density at radius 3 is 2.55 bits per heavy atom. The third-order valence-corrected chi connectivity index (χ3v) is 5.07. The Morgan fingerprint density at radius 1 is 1.35 bits per heavy atom. The molecule has 1 aromatic rings. The number of sulfone groups is 1. The molecule has 0 aromatic heterocycles. The lowest BCUT2D eigenvalue weighted by Gasteiger charge is -2.29. The zero-order valence-corrected chi connectivity index (χ0v) is 12.0. The highest BCUT2D eigenvalue weighted by molar-refractivity contribution is 7.91. The molecule has 0 saturated carbocycles. The predicted octanol–water partition coefficient (Wildman–Crippen LogP) is 0.798. The number of nitrogens with one attached hydrogen (secondary N) is 1. The van der Waals surface area contributed by atoms with Crippen molar-refractivity contribution in [1.29, 1.82) is 0 Å². The standard InChI is InChI=1S/C12H17N3O4S/c1-2-20(18,19)10-3-4-11(12(9-10)15(16)17)14-7-5-13-6-8-14/h3-4,9,13H,2,5-8H2,1H3. The molecule has 0 amide bonds. The van der Waals surface area contributed by atoms with E-state index >= 15 is 0 Å². The lowest BCUT2D eigenvalue weighted by atomic mass is 10.2. The van der Waals surface area contributed by atoms with Crippen molar-refractivity contribution in [3.63, 3.8) is 0 Å². The molecule has 0 radical (unpaired) electrons. The number of hydrogen-bond donors (Lipinski definition) is 1. The second-order valence-electron chi connectivity index (χ2n) is 4.55. The summed E-state index contributed by atoms with van der Waals surface area (Å²) < 4.78 is 23.6. The molecule has 0 unspecified atom stereocenters. The molecular formula is C12H17N3O4S. The third-order valence-electron chi connectivity index (χ3n) is 3.34. The van der Waals surface area contributed by atoms with E-state index in [0.717, 1.165) is 19.2 Å². The summed E-state index contributed by atoms with van der Waals surface area (Å²) in [4.78, 5) is 12.6. The molecule has 7 nitrogen and oxygen atoms in total. The van der Waals surface area contributed by atoms with Crippen LogP contribution in [0.15, 0.2) is 23.1 Å². The smallest absolute Gasteiger partial charge is 0.293 e. The molecular weight excluding hydrogens is 282 g/mol. The van der Waals surface area contributed by atoms with Crippen LogP contribution >= 0.6 is 0 Å². The highest BCUT2D eigenvalue weighted by Crippen LogP contribution is 2.31. The average molecular weight is 299 g/mol. The van der Waals surface area contributed by atoms with Gasteiger partial charge in [0.15, 0.2) is 9.84 Å². The van der Waals surface area contributed by atoms with Crippen LogP contribution in [-0.4, -0.2) is 45.3 Å². The van der Waals surface area contributed by atoms with Gasteiger partial charge in [-0.25, -0.2) is 8.42 Å². The minimum Gasteiger partial charge on any atom is -0.363 e. The molecule has 1 heterocycles. The molecule has 0 spiro atoms. The summed E-state index contributed by atoms with van der Waals surface area (Å²) in [6.45, 7) is 4.37. The van der Waals surface area contributed by atoms with Gasteiger partial charge in [0, 0.05) is 32.2 Å². The van der Waals surface area contributed by atoms with Gasteiger partial charge < -0.3 is 10.2 Å². The molecule has 2 rings (SSSR count). The maximum atomic E-state index is 11.8. The first-order valence-corrected chi connectivity index (χ1v) is 8.08. The van der Waals surface area contributed by atoms with Crippen molar-refractivity contribution in [3.05, 3.63) is 28.3 Å². The van der Waals surface area contributed by atoms with Gasteiger partial charge in [-0.05, 0) is 12.1 Å². The van der Waals surface area contributed by atoms with Gasteiger partial charge in [0.25, 0.3) is 5.69 Å². The Bertz CT molecular complexity index is 609. The van der Waals surface area contributed by atoms with E-state index in [1.807, 2.05) is 4.90 Å². The molecule has 1 aliphatic rings. The number of piperazine rings is 1. The van der Waals surface area contributed by atoms with Gasteiger partial charge in [0.2, 0.25) is 0 Å². The number of nitrogens with zero attached hydrogens (tertiary/aromatic N) is 2. The number of nitro groups is 1. The minimum absolute atomic E-state index is 0.00517. The Kier molecular flexibility index (Phi) is 4.24. The predicted molar refractivity (Wildman–Crippen MR) is 75.9 cm³/mol. The van der Waals surface area contributed by atoms with E-state index in [0.29, 0.717) is 18.8 Å². The Hall–Kier alpha value is -1.67. The van der Waals surface area contributed by atoms with E-state index in [1.54, 1.807) is 0 Å². The summed E-state index contributed by atoms with van der Waals surface area (Å²) in [5.41, 5.74) is 0.327. The van der Waals surface area contributed by atoms with Gasteiger partial charge in [0.05, 0.1) is 15.6 Å². The zero-order valence-electron chi connectivity index (χ0n) is 11.2. The topological polar surface area (TPSA) is 92.6 Å². The first-order chi connectivity index (χ1) is 9.45. The first kappa shape index (κ1) is 14.7. The lowest BCUT2D eigenvalue weighted by molar-refractivity contribution is -0.384. The molecule has 1 N–H and O–H groups in total. The van der Waals surface area contributed by atoms with Gasteiger partial charge in [0.1, 0.15) is 5.69 Å². The van der Waals surface area contributed by atoms with Crippen molar-refractivity contribution in [2.24, 2.45) is 0 Å². The van der Waals surface area contributed by atoms with Crippen LogP contribution in [0.2, 0.25) is 0 Å². The molecule has 0 atom stereocenters. The summed E-state index contributed by atoms with van der Waals surface area (Å²) in [5.74, 6) is -0.0723. The fourth-order valence-electron chi connectivity index (χ4n) is 2.18. The second-order valence-corrected chi connectivity index (χ2v) is 6.83. The van der Waals surface area contributed by atoms with Gasteiger partial charge in [-0.1, -0.05) is 6.92 Å². The quantitative estimate of drug-likeness (QED) is 0.653. The highest BCUT2D eigenvalue weighted by atomic mass is 32.2. The van der Waals surface area contributed by atoms with Gasteiger partial charge in [-0.2, -0.15) is 0 Å². The third kappa shape index (κ3) is 2.91. The molecule has 1 aromatic carbocycles. The van der Waals surface area contributed by atoms with Crippen molar-refractivity contribution in [3.8, 4) is 0 Å². The van der Waals surface area contributed by atoms with Crippen LogP contribution in [0.25, 0.3) is 0 Å². The molecule has 20 heavy (non-hydrogen) atoms. The largest absolute Gasteiger partial charge is 0.363 e. The summed E-state index contributed by atoms with van der Waals surface area (Å²) >= 11 is 0. The number of rotatable bonds is 4. The summed E-state index contributed by atoms with van der Waals surface area (Å²) in [6.07, 6.45) is 0. The van der Waals surface area contributed by atoms with Crippen molar-refractivity contribution in [2.75, 3.05) is 36.8 Å². The fraction of sp³-hybridized carbons (Fsp3) is 0.500. The molecule has 1 saturated heterocycles. The van der Waals surface area contributed by atoms with Gasteiger partial charge >= 0.3 is 0 Å². The molecule has 110 valence electrons. The van der Waals surface area contributed by atoms with E-state index in [2.05, 4.69) is 5.32 Å². The summed E-state index contributed by atoms with van der Waals surface area (Å²) in [5, 5.41) is 14.4. The maximum Gasteiger partial charge on any atom is 0.293 e. The van der Waals surface area contributed by atoms with Crippen LogP contribution in [0.1, 0.15) is 6.92 Å². The van der Waals surface area contributed by atoms with E-state index in [1.165, 1.54) is 19.1 Å². The highest BCUT2D eigenvalue weighted by Gasteiger charge is 2.24. The number of anilines is 1. The van der Waals surface area contributed by atoms with Crippen molar-refractivity contribution in [2.45, 2.75) is 11.8 Å². The van der Waals surface area contributed by atoms with Crippen molar-refractivity contribution < 1.29 is 13.3 Å². The number of hydrogen-bond acceptors (Lipinski definition) is 6. The van der Waals surface area contributed by atoms with Gasteiger partial charge in [-0.15, -0.1) is 0 Å². The van der Waals surface area contributed by atoms with Crippen molar-refractivity contribution >= 4 is 21.2 Å². The normalized spacial score (nSPS) is 16.1. The maximum absolute atomic E-state index is 11.8. The molecule has 1 aliphatic heterocycles. The lowest BCUT2D eigenvalue weighted by Crippen LogP contribution is -2.43. The van der Waals surface area contributed by atoms with E-state index in [4.69, 9.17) is 0 Å². The number of nitro benzene ring substituents is 1. The fourth-order valence-corrected chi connectivity index (χ4v) is 3.08. The van der Waals surface area contributed by atoms with E-state index in [-0.39, 0.29) is 16.3 Å². The van der Waals surface area contributed by atoms with Crippen LogP contribution in [0.3, 0.4) is 0 Å². The van der Waals surface area contributed by atoms with E-state index < -0.39 is 14.8 Å². The van der Waals surface area contributed by atoms with Crippen LogP contribution in [0.4, 0.5) is 11.4 Å². The van der Waals surface area contributed by atoms with Gasteiger partial charge in [-0.3, -0.25) is 10.1 Å². The summed E-state index contributed by atoms with van der Waals surface area (Å²) in [6, 6.07) is 4.14. The van der Waals surface area contributed by atoms with Crippen LogP contribution in [-0.2, 0) is 9.84 Å². The Labute approximate surface area is 117 Å². The molecule has 0 bridgehead atoms. The van der Waals surface area contributed by atoms with Crippen LogP contribution in [0.5, 0.6) is 0 Å². The van der Waals surface area contributed by atoms with Crippen molar-refractivity contribution in [1.82, 2.24) is 5.32 Å². The first-order valence-electron chi connectivity index (χ1n) is 6.42. The monoisotopic (exact) mass is 299 g/mol. The second kappa shape index (κ2) is 5.76. The molecule has 0 aliphatic carbocycles. The molecule has 8 heteroatoms. The Balaban J connectivity index is 2.46. The van der Waals surface area contributed by atoms with Crippen LogP contribution < -0.4 is 10.2 Å². The molecule has 1 fully saturated rings. The summed E-state index contributed by atoms with van der Waals surface area (Å²) in [7, 11) is -3.44. The number of benzene rings is 1. The van der Waals surface area contributed by atoms with Crippen LogP contribution in [0, 0.1) is 10.1 Å². The van der Waals surface area contributed by atoms with E-state index in [9.17, 15) is 18.5 Å². The zero-order chi connectivity index (χ0) is 14.8.